The number of carboxylic acid groups (broad SMARTS) is 1. The van der Waals surface area contributed by atoms with Crippen LogP contribution in [0.25, 0.3) is 11.1 Å². The van der Waals surface area contributed by atoms with Gasteiger partial charge in [-0.15, -0.1) is 0 Å². The third-order valence-electron chi connectivity index (χ3n) is 5.84. The number of aliphatic carboxylic acids is 1. The fourth-order valence-electron chi connectivity index (χ4n) is 4.40. The molecule has 9 heteroatoms. The summed E-state index contributed by atoms with van der Waals surface area (Å²) in [5.41, 5.74) is 4.21. The molecule has 33 heavy (non-hydrogen) atoms. The second kappa shape index (κ2) is 8.67. The topological polar surface area (TPSA) is 111 Å². The van der Waals surface area contributed by atoms with Crippen LogP contribution in [-0.2, 0) is 14.8 Å². The molecule has 1 aliphatic heterocycles. The molecule has 0 saturated carbocycles. The van der Waals surface area contributed by atoms with Crippen molar-refractivity contribution in [2.24, 2.45) is 0 Å². The Morgan fingerprint density at radius 2 is 1.48 bits per heavy atom. The highest BCUT2D eigenvalue weighted by Crippen LogP contribution is 2.49. The smallest absolute Gasteiger partial charge is 0.305 e. The van der Waals surface area contributed by atoms with Crippen molar-refractivity contribution in [3.63, 3.8) is 0 Å². The van der Waals surface area contributed by atoms with E-state index in [2.05, 4.69) is 16.0 Å². The molecule has 8 nitrogen and oxygen atoms in total. The van der Waals surface area contributed by atoms with Gasteiger partial charge in [0.05, 0.1) is 29.5 Å². The van der Waals surface area contributed by atoms with Crippen molar-refractivity contribution in [1.29, 1.82) is 0 Å². The summed E-state index contributed by atoms with van der Waals surface area (Å²) in [5.74, 6) is -1.08. The van der Waals surface area contributed by atoms with E-state index in [0.717, 1.165) is 16.8 Å². The van der Waals surface area contributed by atoms with Crippen LogP contribution >= 0.6 is 0 Å². The molecule has 0 amide bonds. The lowest BCUT2D eigenvalue weighted by molar-refractivity contribution is -0.137. The Bertz CT molecular complexity index is 1300. The van der Waals surface area contributed by atoms with Gasteiger partial charge in [-0.05, 0) is 29.3 Å². The van der Waals surface area contributed by atoms with Crippen molar-refractivity contribution >= 4 is 38.7 Å². The van der Waals surface area contributed by atoms with Crippen LogP contribution in [0.5, 0.6) is 0 Å². The Morgan fingerprint density at radius 1 is 0.909 bits per heavy atom. The van der Waals surface area contributed by atoms with E-state index in [1.807, 2.05) is 24.3 Å². The molecule has 0 aromatic heterocycles. The van der Waals surface area contributed by atoms with Crippen molar-refractivity contribution < 1.29 is 18.3 Å². The third kappa shape index (κ3) is 3.74. The van der Waals surface area contributed by atoms with Crippen molar-refractivity contribution in [3.05, 3.63) is 66.2 Å². The number of hydrogen-bond donors (Lipinski definition) is 4. The van der Waals surface area contributed by atoms with Gasteiger partial charge >= 0.3 is 5.97 Å². The molecule has 0 aliphatic carbocycles. The average molecular weight is 467 g/mol. The second-order valence-electron chi connectivity index (χ2n) is 7.67. The van der Waals surface area contributed by atoms with Gasteiger partial charge in [0.2, 0.25) is 0 Å². The quantitative estimate of drug-likeness (QED) is 0.413. The lowest BCUT2D eigenvalue weighted by Crippen LogP contribution is -2.39. The van der Waals surface area contributed by atoms with Gasteiger partial charge in [0.1, 0.15) is 4.90 Å². The second-order valence-corrected chi connectivity index (χ2v) is 9.42. The van der Waals surface area contributed by atoms with Crippen LogP contribution < -0.4 is 20.3 Å². The van der Waals surface area contributed by atoms with E-state index in [1.54, 1.807) is 57.5 Å². The molecule has 4 rings (SSSR count). The third-order valence-corrected chi connectivity index (χ3v) is 7.76. The summed E-state index contributed by atoms with van der Waals surface area (Å²) in [6, 6.07) is 17.1. The largest absolute Gasteiger partial charge is 0.481 e. The van der Waals surface area contributed by atoms with Crippen LogP contribution in [0, 0.1) is 0 Å². The SMILES string of the molecule is CNc1cc(NC)c(S(=O)(=O)N2c3ccccc3-c3ccccc3C2CC(=O)O)c(NC)c1. The zero-order valence-corrected chi connectivity index (χ0v) is 19.4. The number of nitrogens with one attached hydrogen (secondary N) is 3. The Labute approximate surface area is 193 Å². The summed E-state index contributed by atoms with van der Waals surface area (Å²) in [7, 11) is 0.855. The van der Waals surface area contributed by atoms with Crippen LogP contribution in [0.2, 0.25) is 0 Å². The number of carboxylic acids is 1. The van der Waals surface area contributed by atoms with E-state index < -0.39 is 22.0 Å². The van der Waals surface area contributed by atoms with E-state index in [1.165, 1.54) is 4.31 Å². The van der Waals surface area contributed by atoms with Crippen molar-refractivity contribution in [2.45, 2.75) is 17.4 Å². The number of hydrogen-bond acceptors (Lipinski definition) is 6. The van der Waals surface area contributed by atoms with Gasteiger partial charge in [0.25, 0.3) is 10.0 Å². The minimum Gasteiger partial charge on any atom is -0.481 e. The van der Waals surface area contributed by atoms with Crippen LogP contribution in [0.15, 0.2) is 65.6 Å². The number of fused-ring (bicyclic) bond motifs is 3. The maximum atomic E-state index is 14.3. The minimum absolute atomic E-state index is 0.0519. The van der Waals surface area contributed by atoms with Gasteiger partial charge in [0, 0.05) is 32.4 Å². The van der Waals surface area contributed by atoms with E-state index in [4.69, 9.17) is 0 Å². The molecule has 3 aromatic rings. The van der Waals surface area contributed by atoms with E-state index in [-0.39, 0.29) is 11.3 Å². The van der Waals surface area contributed by atoms with Crippen molar-refractivity contribution in [3.8, 4) is 11.1 Å². The van der Waals surface area contributed by atoms with Crippen molar-refractivity contribution in [2.75, 3.05) is 41.4 Å². The number of rotatable bonds is 7. The Hall–Kier alpha value is -3.72. The number of carbonyl (C=O) groups is 1. The highest BCUT2D eigenvalue weighted by Gasteiger charge is 2.41. The average Bonchev–Trinajstić information content (AvgIpc) is 2.82. The lowest BCUT2D eigenvalue weighted by atomic mass is 9.88. The summed E-state index contributed by atoms with van der Waals surface area (Å²) in [4.78, 5) is 11.9. The first-order valence-electron chi connectivity index (χ1n) is 10.5. The normalized spacial score (nSPS) is 14.8. The number of anilines is 4. The van der Waals surface area contributed by atoms with Gasteiger partial charge in [-0.3, -0.25) is 9.10 Å². The van der Waals surface area contributed by atoms with Gasteiger partial charge < -0.3 is 21.1 Å². The molecule has 3 aromatic carbocycles. The van der Waals surface area contributed by atoms with Gasteiger partial charge in [-0.2, -0.15) is 0 Å². The summed E-state index contributed by atoms with van der Waals surface area (Å²) in [6.45, 7) is 0. The maximum Gasteiger partial charge on any atom is 0.305 e. The van der Waals surface area contributed by atoms with Crippen LogP contribution in [0.4, 0.5) is 22.7 Å². The molecule has 0 radical (unpaired) electrons. The molecule has 0 saturated heterocycles. The van der Waals surface area contributed by atoms with E-state index >= 15 is 0 Å². The van der Waals surface area contributed by atoms with Crippen molar-refractivity contribution in [1.82, 2.24) is 0 Å². The molecule has 1 aliphatic rings. The van der Waals surface area contributed by atoms with Crippen LogP contribution in [0.3, 0.4) is 0 Å². The predicted octanol–water partition coefficient (Wildman–Crippen LogP) is 4.20. The summed E-state index contributed by atoms with van der Waals surface area (Å²) in [5, 5.41) is 18.7. The van der Waals surface area contributed by atoms with E-state index in [0.29, 0.717) is 22.6 Å². The number of nitrogens with zero attached hydrogens (tertiary/aromatic N) is 1. The first kappa shape index (κ1) is 22.5. The summed E-state index contributed by atoms with van der Waals surface area (Å²) >= 11 is 0. The molecule has 1 unspecified atom stereocenters. The number of para-hydroxylation sites is 1. The maximum absolute atomic E-state index is 14.3. The zero-order valence-electron chi connectivity index (χ0n) is 18.6. The summed E-state index contributed by atoms with van der Waals surface area (Å²) in [6.07, 6.45) is -0.372. The molecular weight excluding hydrogens is 440 g/mol. The minimum atomic E-state index is -4.21. The Kier molecular flexibility index (Phi) is 5.90. The summed E-state index contributed by atoms with van der Waals surface area (Å²) < 4.78 is 29.9. The standard InChI is InChI=1S/C24H26N4O4S/c1-25-15-12-19(26-2)24(20(13-15)27-3)33(31,32)28-21-11-7-6-9-17(21)16-8-4-5-10-18(16)22(28)14-23(29)30/h4-13,22,25-27H,14H2,1-3H3,(H,29,30). The molecule has 4 N–H and O–H groups in total. The molecule has 0 bridgehead atoms. The molecule has 0 spiro atoms. The predicted molar refractivity (Wildman–Crippen MR) is 132 cm³/mol. The number of benzene rings is 3. The van der Waals surface area contributed by atoms with E-state index in [9.17, 15) is 18.3 Å². The van der Waals surface area contributed by atoms with Gasteiger partial charge in [-0.1, -0.05) is 42.5 Å². The fraction of sp³-hybridized carbons (Fsp3) is 0.208. The first-order valence-corrected chi connectivity index (χ1v) is 11.9. The Morgan fingerprint density at radius 3 is 2.06 bits per heavy atom. The van der Waals surface area contributed by atoms with Gasteiger partial charge in [-0.25, -0.2) is 8.42 Å². The monoisotopic (exact) mass is 466 g/mol. The molecule has 1 heterocycles. The zero-order chi connectivity index (χ0) is 23.8. The van der Waals surface area contributed by atoms with Gasteiger partial charge in [0.15, 0.2) is 0 Å². The van der Waals surface area contributed by atoms with Crippen LogP contribution in [0.1, 0.15) is 18.0 Å². The molecule has 1 atom stereocenters. The molecule has 0 fully saturated rings. The lowest BCUT2D eigenvalue weighted by Gasteiger charge is -2.39. The Balaban J connectivity index is 2.03. The molecular formula is C24H26N4O4S. The molecule has 172 valence electrons. The highest BCUT2D eigenvalue weighted by molar-refractivity contribution is 7.93. The van der Waals surface area contributed by atoms with Crippen LogP contribution in [-0.4, -0.2) is 40.6 Å². The highest BCUT2D eigenvalue weighted by atomic mass is 32.2. The first-order chi connectivity index (χ1) is 15.8. The fourth-order valence-corrected chi connectivity index (χ4v) is 6.41. The number of sulfonamides is 1.